The molecule has 0 aromatic heterocycles. The number of hydrogen-bond acceptors (Lipinski definition) is 9. The van der Waals surface area contributed by atoms with Crippen LogP contribution in [0.15, 0.2) is 0 Å². The van der Waals surface area contributed by atoms with E-state index in [2.05, 4.69) is 31.9 Å². The summed E-state index contributed by atoms with van der Waals surface area (Å²) < 4.78 is 0. The molecule has 1 atom stereocenters. The predicted molar refractivity (Wildman–Crippen MR) is 107 cm³/mol. The molecule has 33 heavy (non-hydrogen) atoms. The molecule has 7 amide bonds. The number of rotatable bonds is 15. The molecule has 0 unspecified atom stereocenters. The van der Waals surface area contributed by atoms with Crippen molar-refractivity contribution in [2.24, 2.45) is 11.5 Å². The van der Waals surface area contributed by atoms with Crippen LogP contribution in [0.25, 0.3) is 0 Å². The summed E-state index contributed by atoms with van der Waals surface area (Å²) in [5, 5.41) is 21.4. The number of primary amides is 1. The van der Waals surface area contributed by atoms with Gasteiger partial charge in [-0.15, -0.1) is 0 Å². The number of nitrogens with one attached hydrogen (secondary N) is 6. The highest BCUT2D eigenvalue weighted by molar-refractivity contribution is 5.93. The van der Waals surface area contributed by atoms with E-state index in [1.54, 1.807) is 0 Å². The van der Waals surface area contributed by atoms with Gasteiger partial charge in [0.1, 0.15) is 0 Å². The van der Waals surface area contributed by atoms with Crippen LogP contribution in [0.5, 0.6) is 0 Å². The van der Waals surface area contributed by atoms with Gasteiger partial charge >= 0.3 is 5.97 Å². The topological polar surface area (TPSA) is 281 Å². The van der Waals surface area contributed by atoms with E-state index in [9.17, 15) is 38.4 Å². The Morgan fingerprint density at radius 2 is 0.879 bits per heavy atom. The smallest absolute Gasteiger partial charge is 0.305 e. The maximum Gasteiger partial charge on any atom is 0.305 e. The van der Waals surface area contributed by atoms with Gasteiger partial charge in [0.2, 0.25) is 41.4 Å². The summed E-state index contributed by atoms with van der Waals surface area (Å²) in [5.41, 5.74) is 10.1. The molecule has 0 aliphatic carbocycles. The van der Waals surface area contributed by atoms with Crippen LogP contribution in [-0.2, 0) is 38.4 Å². The van der Waals surface area contributed by atoms with Gasteiger partial charge in [0, 0.05) is 0 Å². The fourth-order valence-electron chi connectivity index (χ4n) is 1.79. The van der Waals surface area contributed by atoms with Gasteiger partial charge in [-0.2, -0.15) is 0 Å². The normalized spacial score (nSPS) is 10.7. The molecule has 0 aromatic carbocycles. The van der Waals surface area contributed by atoms with E-state index in [-0.39, 0.29) is 6.54 Å². The number of amides is 7. The molecule has 0 aromatic rings. The van der Waals surface area contributed by atoms with E-state index in [4.69, 9.17) is 16.6 Å². The molecule has 0 rings (SSSR count). The second-order valence-corrected chi connectivity index (χ2v) is 6.27. The molecule has 184 valence electrons. The van der Waals surface area contributed by atoms with Gasteiger partial charge in [0.15, 0.2) is 0 Å². The van der Waals surface area contributed by atoms with Gasteiger partial charge in [0.05, 0.1) is 51.7 Å². The van der Waals surface area contributed by atoms with Gasteiger partial charge in [0.25, 0.3) is 0 Å². The summed E-state index contributed by atoms with van der Waals surface area (Å²) in [6, 6.07) is -1.34. The number of carbonyl (C=O) groups excluding carboxylic acids is 7. The number of aliphatic carboxylic acids is 1. The van der Waals surface area contributed by atoms with Crippen LogP contribution in [0.4, 0.5) is 0 Å². The average Bonchev–Trinajstić information content (AvgIpc) is 2.74. The molecule has 0 heterocycles. The number of carboxylic acids is 1. The third-order valence-electron chi connectivity index (χ3n) is 3.40. The molecule has 0 aliphatic rings. The molecule has 0 aliphatic heterocycles. The van der Waals surface area contributed by atoms with Crippen molar-refractivity contribution in [1.29, 1.82) is 0 Å². The van der Waals surface area contributed by atoms with Crippen LogP contribution in [0.1, 0.15) is 6.42 Å². The molecular formula is C16H26N8O9. The first-order valence-corrected chi connectivity index (χ1v) is 9.27. The zero-order valence-electron chi connectivity index (χ0n) is 17.4. The van der Waals surface area contributed by atoms with Crippen LogP contribution < -0.4 is 43.4 Å². The Kier molecular flexibility index (Phi) is 13.5. The van der Waals surface area contributed by atoms with E-state index in [1.807, 2.05) is 0 Å². The molecule has 11 N–H and O–H groups in total. The molecule has 0 radical (unpaired) electrons. The lowest BCUT2D eigenvalue weighted by atomic mass is 10.2. The van der Waals surface area contributed by atoms with E-state index in [0.29, 0.717) is 0 Å². The zero-order chi connectivity index (χ0) is 25.4. The Labute approximate surface area is 186 Å². The molecule has 0 saturated carbocycles. The Morgan fingerprint density at radius 1 is 0.576 bits per heavy atom. The van der Waals surface area contributed by atoms with Gasteiger partial charge in [-0.05, 0) is 0 Å². The van der Waals surface area contributed by atoms with E-state index >= 15 is 0 Å². The Bertz CT molecular complexity index is 786. The number of nitrogens with two attached hydrogens (primary N) is 2. The van der Waals surface area contributed by atoms with Crippen molar-refractivity contribution in [2.75, 3.05) is 39.3 Å². The summed E-state index contributed by atoms with van der Waals surface area (Å²) in [5.74, 6) is -6.51. The molecule has 0 saturated heterocycles. The predicted octanol–water partition coefficient (Wildman–Crippen LogP) is -7.03. The monoisotopic (exact) mass is 474 g/mol. The quantitative estimate of drug-likeness (QED) is 0.108. The SMILES string of the molecule is NC(=O)CNC(=O)CNC(=O)CNC(=O)CNC(=O)CNC(=O)CNC(=O)[C@@H](N)CC(=O)O. The second kappa shape index (κ2) is 15.5. The molecule has 0 fully saturated rings. The highest BCUT2D eigenvalue weighted by Crippen LogP contribution is 1.87. The van der Waals surface area contributed by atoms with Crippen molar-refractivity contribution >= 4 is 47.3 Å². The molecule has 17 nitrogen and oxygen atoms in total. The first kappa shape index (κ1) is 28.7. The lowest BCUT2D eigenvalue weighted by Crippen LogP contribution is -2.48. The summed E-state index contributed by atoms with van der Waals surface area (Å²) in [4.78, 5) is 90.0. The maximum atomic E-state index is 11.6. The number of carboxylic acid groups (broad SMARTS) is 1. The molecule has 17 heteroatoms. The van der Waals surface area contributed by atoms with Crippen molar-refractivity contribution in [3.63, 3.8) is 0 Å². The number of carbonyl (C=O) groups is 8. The van der Waals surface area contributed by atoms with Crippen molar-refractivity contribution < 1.29 is 43.5 Å². The Morgan fingerprint density at radius 3 is 1.18 bits per heavy atom. The van der Waals surface area contributed by atoms with Crippen LogP contribution in [0.2, 0.25) is 0 Å². The zero-order valence-corrected chi connectivity index (χ0v) is 17.4. The minimum atomic E-state index is -1.34. The minimum absolute atomic E-state index is 0.388. The third kappa shape index (κ3) is 16.1. The summed E-state index contributed by atoms with van der Waals surface area (Å²) >= 11 is 0. The van der Waals surface area contributed by atoms with E-state index in [1.165, 1.54) is 0 Å². The van der Waals surface area contributed by atoms with Gasteiger partial charge in [-0.25, -0.2) is 0 Å². The summed E-state index contributed by atoms with van der Waals surface area (Å²) in [6.45, 7) is -2.90. The standard InChI is InChI=1S/C16H26N8O9/c17-8(1-15(31)32)16(33)24-7-14(30)23-6-13(29)22-5-12(28)21-4-11(27)20-3-10(26)19-2-9(18)25/h8H,1-7,17H2,(H2,18,25)(H,19,26)(H,20,27)(H,21,28)(H,22,29)(H,23,30)(H,24,33)(H,31,32)/t8-/m0/s1. The van der Waals surface area contributed by atoms with Crippen molar-refractivity contribution in [1.82, 2.24) is 31.9 Å². The highest BCUT2D eigenvalue weighted by Gasteiger charge is 2.17. The van der Waals surface area contributed by atoms with Crippen LogP contribution in [-0.4, -0.2) is 97.7 Å². The van der Waals surface area contributed by atoms with E-state index < -0.39 is 92.5 Å². The van der Waals surface area contributed by atoms with Gasteiger partial charge in [-0.1, -0.05) is 0 Å². The fourth-order valence-corrected chi connectivity index (χ4v) is 1.79. The van der Waals surface area contributed by atoms with Crippen molar-refractivity contribution in [3.8, 4) is 0 Å². The van der Waals surface area contributed by atoms with Crippen LogP contribution in [0.3, 0.4) is 0 Å². The molecule has 0 bridgehead atoms. The largest absolute Gasteiger partial charge is 0.481 e. The first-order valence-electron chi connectivity index (χ1n) is 9.27. The van der Waals surface area contributed by atoms with Crippen LogP contribution >= 0.6 is 0 Å². The lowest BCUT2D eigenvalue weighted by molar-refractivity contribution is -0.139. The molecular weight excluding hydrogens is 448 g/mol. The van der Waals surface area contributed by atoms with E-state index in [0.717, 1.165) is 0 Å². The van der Waals surface area contributed by atoms with Gasteiger partial charge < -0.3 is 48.5 Å². The highest BCUT2D eigenvalue weighted by atomic mass is 16.4. The van der Waals surface area contributed by atoms with Crippen molar-refractivity contribution in [3.05, 3.63) is 0 Å². The lowest BCUT2D eigenvalue weighted by Gasteiger charge is -2.11. The fraction of sp³-hybridized carbons (Fsp3) is 0.500. The summed E-state index contributed by atoms with van der Waals surface area (Å²) in [6.07, 6.45) is -0.619. The maximum absolute atomic E-state index is 11.6. The summed E-state index contributed by atoms with van der Waals surface area (Å²) in [7, 11) is 0. The number of hydrogen-bond donors (Lipinski definition) is 9. The first-order chi connectivity index (χ1) is 15.4. The molecule has 0 spiro atoms. The van der Waals surface area contributed by atoms with Crippen LogP contribution in [0, 0.1) is 0 Å². The minimum Gasteiger partial charge on any atom is -0.481 e. The van der Waals surface area contributed by atoms with Crippen molar-refractivity contribution in [2.45, 2.75) is 12.5 Å². The Hall–Kier alpha value is -4.28. The second-order valence-electron chi connectivity index (χ2n) is 6.27. The average molecular weight is 474 g/mol. The Balaban J connectivity index is 3.96. The third-order valence-corrected chi connectivity index (χ3v) is 3.40. The van der Waals surface area contributed by atoms with Gasteiger partial charge in [-0.3, -0.25) is 38.4 Å².